The van der Waals surface area contributed by atoms with Gasteiger partial charge in [-0.05, 0) is 121 Å². The molecule has 2 aromatic heterocycles. The molecule has 440 valence electrons. The second-order valence-electron chi connectivity index (χ2n) is 17.3. The third kappa shape index (κ3) is 19.2. The molecule has 2 heterocycles. The minimum atomic E-state index is -4.90. The molecule has 5 N–H and O–H groups in total. The SMILES string of the molecule is CS(=O)(=O)N=C(Nc1cccc(NC(=O)c2cnn(-c3ccc(Cl)cc3)c2C(F)(F)F)c1)Oc1ccccc1.CS(=O)(=O)N=C(Oc1ccccc1)Oc1ccccc1.Nc1cccc(NC(=O)c2cnn(-c3ccc(Cl)cc3)c2C(F)(F)F)c1. The molecule has 0 saturated heterocycles. The van der Waals surface area contributed by atoms with E-state index in [2.05, 4.69) is 34.9 Å². The molecule has 0 unspecified atom stereocenters. The molecular weight excluding hydrogens is 1210 g/mol. The Kier molecular flexibility index (Phi) is 20.4. The van der Waals surface area contributed by atoms with Crippen LogP contribution in [0.5, 0.6) is 17.2 Å². The molecule has 0 atom stereocenters. The number of anilines is 4. The van der Waals surface area contributed by atoms with Crippen LogP contribution in [0.3, 0.4) is 0 Å². The number of nitrogens with one attached hydrogen (secondary N) is 3. The van der Waals surface area contributed by atoms with Gasteiger partial charge in [0.2, 0.25) is 0 Å². The lowest BCUT2D eigenvalue weighted by Crippen LogP contribution is -2.22. The summed E-state index contributed by atoms with van der Waals surface area (Å²) in [4.78, 5) is 25.3. The van der Waals surface area contributed by atoms with E-state index in [0.717, 1.165) is 24.9 Å². The number of carbonyl (C=O) groups is 2. The van der Waals surface area contributed by atoms with Crippen molar-refractivity contribution in [3.05, 3.63) is 233 Å². The molecule has 0 aliphatic heterocycles. The van der Waals surface area contributed by atoms with Crippen LogP contribution in [0.2, 0.25) is 10.0 Å². The Hall–Kier alpha value is -9.70. The van der Waals surface area contributed by atoms with Crippen molar-refractivity contribution in [2.24, 2.45) is 8.80 Å². The van der Waals surface area contributed by atoms with Crippen LogP contribution in [0.1, 0.15) is 32.1 Å². The summed E-state index contributed by atoms with van der Waals surface area (Å²) in [6.45, 7) is 0. The number of hydrogen-bond donors (Lipinski definition) is 4. The normalized spacial score (nSPS) is 11.6. The van der Waals surface area contributed by atoms with Gasteiger partial charge in [-0.1, -0.05) is 94.3 Å². The van der Waals surface area contributed by atoms with Gasteiger partial charge in [0.1, 0.15) is 17.2 Å². The van der Waals surface area contributed by atoms with Gasteiger partial charge in [-0.2, -0.15) is 36.5 Å². The second kappa shape index (κ2) is 27.6. The van der Waals surface area contributed by atoms with Crippen LogP contribution in [-0.4, -0.2) is 72.8 Å². The summed E-state index contributed by atoms with van der Waals surface area (Å²) in [6, 6.07) is 48.3. The number of nitrogens with two attached hydrogens (primary N) is 1. The molecule has 85 heavy (non-hydrogen) atoms. The first-order valence-electron chi connectivity index (χ1n) is 24.1. The molecule has 7 aromatic carbocycles. The molecule has 2 amide bonds. The number of benzene rings is 7. The first kappa shape index (κ1) is 62.9. The molecule has 0 bridgehead atoms. The van der Waals surface area contributed by atoms with Crippen molar-refractivity contribution >= 4 is 89.9 Å². The fraction of sp³-hybridized carbons (Fsp3) is 0.0714. The number of ether oxygens (including phenoxy) is 3. The highest BCUT2D eigenvalue weighted by Gasteiger charge is 2.42. The van der Waals surface area contributed by atoms with Gasteiger partial charge in [-0.15, -0.1) is 4.40 Å². The molecule has 0 fully saturated rings. The standard InChI is InChI=1S/C25H19ClF3N5O4S.C17H12ClF3N4O.C14H13NO4S/c1-39(36,37)33-24(38-20-8-3-2-4-9-20)32-18-7-5-6-17(14-18)31-23(35)21-15-30-34(22(21)25(27,28)29)19-12-10-16(26)11-13-19;18-10-4-6-13(7-5-10)25-15(17(19,20)21)14(9-23-25)16(26)24-12-3-1-2-11(22)8-12;1-20(16,17)15-14(18-12-8-4-2-5-9-12)19-13-10-6-3-7-11-13/h2-15H,1H3,(H,31,35)(H,32,33);1-9H,22H2,(H,24,26);2-11H,1H3. The summed E-state index contributed by atoms with van der Waals surface area (Å²) in [5, 5.41) is 15.7. The average molecular weight is 1250 g/mol. The quantitative estimate of drug-likeness (QED) is 0.0385. The Balaban J connectivity index is 0.000000195. The molecule has 0 radical (unpaired) electrons. The lowest BCUT2D eigenvalue weighted by atomic mass is 10.2. The van der Waals surface area contributed by atoms with Crippen LogP contribution in [0.15, 0.2) is 209 Å². The van der Waals surface area contributed by atoms with Crippen LogP contribution in [-0.2, 0) is 32.4 Å². The topological polar surface area (TPSA) is 253 Å². The first-order valence-corrected chi connectivity index (χ1v) is 28.6. The van der Waals surface area contributed by atoms with Gasteiger partial charge >= 0.3 is 24.5 Å². The van der Waals surface area contributed by atoms with Crippen molar-refractivity contribution in [3.63, 3.8) is 0 Å². The van der Waals surface area contributed by atoms with Crippen LogP contribution in [0.25, 0.3) is 11.4 Å². The van der Waals surface area contributed by atoms with E-state index < -0.39 is 66.7 Å². The Bertz CT molecular complexity index is 4030. The molecule has 9 aromatic rings. The molecule has 0 aliphatic rings. The maximum Gasteiger partial charge on any atom is 0.434 e. The number of hydrogen-bond acceptors (Lipinski definition) is 12. The molecule has 0 spiro atoms. The second-order valence-corrected chi connectivity index (χ2v) is 21.5. The van der Waals surface area contributed by atoms with Gasteiger partial charge in [0.05, 0.1) is 47.4 Å². The van der Waals surface area contributed by atoms with Gasteiger partial charge < -0.3 is 35.9 Å². The minimum Gasteiger partial charge on any atom is -0.425 e. The van der Waals surface area contributed by atoms with Crippen molar-refractivity contribution in [2.75, 3.05) is 34.2 Å². The van der Waals surface area contributed by atoms with Crippen LogP contribution in [0, 0.1) is 0 Å². The van der Waals surface area contributed by atoms with Crippen LogP contribution in [0.4, 0.5) is 49.1 Å². The fourth-order valence-electron chi connectivity index (χ4n) is 7.13. The summed E-state index contributed by atoms with van der Waals surface area (Å²) >= 11 is 11.6. The van der Waals surface area contributed by atoms with E-state index in [1.807, 2.05) is 12.1 Å². The van der Waals surface area contributed by atoms with E-state index in [4.69, 9.17) is 43.1 Å². The smallest absolute Gasteiger partial charge is 0.425 e. The van der Waals surface area contributed by atoms with Crippen molar-refractivity contribution in [2.45, 2.75) is 12.4 Å². The third-order valence-electron chi connectivity index (χ3n) is 10.6. The van der Waals surface area contributed by atoms with Gasteiger partial charge in [-0.3, -0.25) is 9.59 Å². The van der Waals surface area contributed by atoms with Gasteiger partial charge in [0, 0.05) is 32.8 Å². The zero-order chi connectivity index (χ0) is 61.5. The Morgan fingerprint density at radius 1 is 0.494 bits per heavy atom. The molecule has 19 nitrogen and oxygen atoms in total. The van der Waals surface area contributed by atoms with E-state index in [1.165, 1.54) is 84.9 Å². The highest BCUT2D eigenvalue weighted by molar-refractivity contribution is 7.89. The van der Waals surface area contributed by atoms with Crippen molar-refractivity contribution in [1.82, 2.24) is 19.6 Å². The fourth-order valence-corrected chi connectivity index (χ4v) is 8.11. The largest absolute Gasteiger partial charge is 0.434 e. The average Bonchev–Trinajstić information content (AvgIpc) is 1.92. The number of sulfonamides is 2. The number of nitrogen functional groups attached to an aromatic ring is 1. The van der Waals surface area contributed by atoms with Crippen LogP contribution >= 0.6 is 23.2 Å². The van der Waals surface area contributed by atoms with E-state index in [0.29, 0.717) is 42.3 Å². The number of carbonyl (C=O) groups excluding carboxylic acids is 2. The number of para-hydroxylation sites is 3. The van der Waals surface area contributed by atoms with Gasteiger partial charge in [0.15, 0.2) is 11.4 Å². The predicted molar refractivity (Wildman–Crippen MR) is 310 cm³/mol. The summed E-state index contributed by atoms with van der Waals surface area (Å²) in [5.41, 5.74) is 3.04. The summed E-state index contributed by atoms with van der Waals surface area (Å²) < 4.78 is 153. The van der Waals surface area contributed by atoms with E-state index in [1.54, 1.807) is 91.0 Å². The molecular formula is C56H44Cl2F6N10O9S2. The molecule has 29 heteroatoms. The summed E-state index contributed by atoms with van der Waals surface area (Å²) in [5.74, 6) is -0.834. The van der Waals surface area contributed by atoms with Gasteiger partial charge in [0.25, 0.3) is 31.9 Å². The lowest BCUT2D eigenvalue weighted by Gasteiger charge is -2.14. The number of amides is 2. The Morgan fingerprint density at radius 3 is 1.24 bits per heavy atom. The van der Waals surface area contributed by atoms with Crippen molar-refractivity contribution in [3.8, 4) is 28.6 Å². The maximum absolute atomic E-state index is 14.0. The number of amidine groups is 1. The zero-order valence-electron chi connectivity index (χ0n) is 43.8. The predicted octanol–water partition coefficient (Wildman–Crippen LogP) is 12.4. The van der Waals surface area contributed by atoms with E-state index in [9.17, 15) is 52.8 Å². The Morgan fingerprint density at radius 2 is 0.859 bits per heavy atom. The molecule has 9 rings (SSSR count). The highest BCUT2D eigenvalue weighted by atomic mass is 35.5. The number of halogens is 8. The maximum atomic E-state index is 14.0. The lowest BCUT2D eigenvalue weighted by molar-refractivity contribution is -0.143. The zero-order valence-corrected chi connectivity index (χ0v) is 47.0. The summed E-state index contributed by atoms with van der Waals surface area (Å²) in [6.07, 6.45) is -6.50. The highest BCUT2D eigenvalue weighted by Crippen LogP contribution is 2.36. The van der Waals surface area contributed by atoms with E-state index >= 15 is 0 Å². The third-order valence-corrected chi connectivity index (χ3v) is 12.0. The van der Waals surface area contributed by atoms with Crippen molar-refractivity contribution in [1.29, 1.82) is 0 Å². The first-order chi connectivity index (χ1) is 40.2. The minimum absolute atomic E-state index is 0.0630. The number of aromatic nitrogens is 4. The Labute approximate surface area is 491 Å². The molecule has 0 aliphatic carbocycles. The van der Waals surface area contributed by atoms with Gasteiger partial charge in [-0.25, -0.2) is 26.2 Å². The van der Waals surface area contributed by atoms with Crippen molar-refractivity contribution < 1.29 is 67.0 Å². The summed E-state index contributed by atoms with van der Waals surface area (Å²) in [7, 11) is -7.49. The number of nitrogens with zero attached hydrogens (tertiary/aromatic N) is 6. The van der Waals surface area contributed by atoms with E-state index in [-0.39, 0.29) is 40.5 Å². The number of alkyl halides is 6. The van der Waals surface area contributed by atoms with Crippen LogP contribution < -0.4 is 35.9 Å². The monoisotopic (exact) mass is 1250 g/mol. The number of rotatable bonds is 12. The molecule has 0 saturated carbocycles.